The highest BCUT2D eigenvalue weighted by Crippen LogP contribution is 2.43. The van der Waals surface area contributed by atoms with Crippen molar-refractivity contribution in [3.05, 3.63) is 0 Å². The van der Waals surface area contributed by atoms with Crippen LogP contribution in [0.3, 0.4) is 0 Å². The average Bonchev–Trinajstić information content (AvgIpc) is 3.32. The van der Waals surface area contributed by atoms with Gasteiger partial charge in [-0.05, 0) is 19.3 Å². The lowest BCUT2D eigenvalue weighted by Gasteiger charge is -2.21. The zero-order valence-electron chi connectivity index (χ0n) is 44.6. The standard InChI is InChI=1S/C56H109O11P/c1-4-7-10-13-16-19-22-24-25-26-27-29-31-33-36-39-42-45-54(58)63-49-53(67-56(60)47-44-41-38-35-32-28-23-20-17-14-11-8-5-2)51-65-68(61,62)64-50-52(48-57)66-55(59)46-43-40-37-34-30-21-18-15-12-9-6-3/h52-53,57H,4-51H2,1-3H3,(H,61,62). The first-order valence-corrected chi connectivity index (χ1v) is 30.4. The topological polar surface area (TPSA) is 155 Å². The number of carbonyl (C=O) groups excluding carboxylic acids is 3. The second kappa shape index (κ2) is 51.8. The molecule has 0 radical (unpaired) electrons. The van der Waals surface area contributed by atoms with Crippen molar-refractivity contribution in [3.8, 4) is 0 Å². The normalized spacial score (nSPS) is 13.3. The van der Waals surface area contributed by atoms with Crippen LogP contribution in [0.15, 0.2) is 0 Å². The first kappa shape index (κ1) is 66.5. The van der Waals surface area contributed by atoms with Gasteiger partial charge in [0.15, 0.2) is 6.10 Å². The fourth-order valence-electron chi connectivity index (χ4n) is 8.59. The summed E-state index contributed by atoms with van der Waals surface area (Å²) >= 11 is 0. The summed E-state index contributed by atoms with van der Waals surface area (Å²) in [6, 6.07) is 0. The third-order valence-corrected chi connectivity index (χ3v) is 14.0. The monoisotopic (exact) mass is 989 g/mol. The van der Waals surface area contributed by atoms with Gasteiger partial charge in [0, 0.05) is 19.3 Å². The zero-order valence-corrected chi connectivity index (χ0v) is 45.5. The van der Waals surface area contributed by atoms with Crippen molar-refractivity contribution in [2.24, 2.45) is 0 Å². The predicted octanol–water partition coefficient (Wildman–Crippen LogP) is 16.7. The van der Waals surface area contributed by atoms with Crippen LogP contribution in [0.5, 0.6) is 0 Å². The molecule has 0 fully saturated rings. The number of esters is 3. The van der Waals surface area contributed by atoms with Gasteiger partial charge in [-0.25, -0.2) is 4.57 Å². The van der Waals surface area contributed by atoms with E-state index in [0.29, 0.717) is 19.3 Å². The number of unbranched alkanes of at least 4 members (excludes halogenated alkanes) is 38. The van der Waals surface area contributed by atoms with Gasteiger partial charge in [-0.1, -0.05) is 265 Å². The Morgan fingerprint density at radius 3 is 0.868 bits per heavy atom. The summed E-state index contributed by atoms with van der Waals surface area (Å²) in [7, 11) is -4.73. The van der Waals surface area contributed by atoms with Crippen LogP contribution in [0.25, 0.3) is 0 Å². The lowest BCUT2D eigenvalue weighted by atomic mass is 10.0. The van der Waals surface area contributed by atoms with Gasteiger partial charge in [0.1, 0.15) is 12.7 Å². The first-order chi connectivity index (χ1) is 33.2. The van der Waals surface area contributed by atoms with Crippen molar-refractivity contribution >= 4 is 25.7 Å². The predicted molar refractivity (Wildman–Crippen MR) is 280 cm³/mol. The van der Waals surface area contributed by atoms with Crippen LogP contribution in [0.1, 0.15) is 303 Å². The maximum absolute atomic E-state index is 12.9. The largest absolute Gasteiger partial charge is 0.472 e. The number of aliphatic hydroxyl groups excluding tert-OH is 1. The third-order valence-electron chi connectivity index (χ3n) is 13.0. The minimum atomic E-state index is -4.73. The molecule has 0 aromatic carbocycles. The zero-order chi connectivity index (χ0) is 49.9. The number of phosphoric ester groups is 1. The average molecular weight is 989 g/mol. The molecule has 0 aliphatic rings. The SMILES string of the molecule is CCCCCCCCCCCCCCCCCCCC(=O)OCC(COP(=O)(O)OCC(CO)OC(=O)CCCCCCCCCCCCC)OC(=O)CCCCCCCCCCCCCCC. The molecule has 68 heavy (non-hydrogen) atoms. The molecule has 3 atom stereocenters. The molecule has 0 saturated heterocycles. The molecule has 0 rings (SSSR count). The minimum absolute atomic E-state index is 0.178. The van der Waals surface area contributed by atoms with E-state index in [0.717, 1.165) is 57.8 Å². The smallest absolute Gasteiger partial charge is 0.462 e. The summed E-state index contributed by atoms with van der Waals surface area (Å²) in [6.45, 7) is 4.70. The van der Waals surface area contributed by atoms with Crippen molar-refractivity contribution in [1.29, 1.82) is 0 Å². The van der Waals surface area contributed by atoms with E-state index < -0.39 is 57.8 Å². The molecule has 3 unspecified atom stereocenters. The second-order valence-corrected chi connectivity index (χ2v) is 21.3. The fraction of sp³-hybridized carbons (Fsp3) is 0.946. The molecule has 11 nitrogen and oxygen atoms in total. The summed E-state index contributed by atoms with van der Waals surface area (Å²) in [6.07, 6.45) is 47.7. The van der Waals surface area contributed by atoms with E-state index in [4.69, 9.17) is 23.3 Å². The van der Waals surface area contributed by atoms with E-state index in [9.17, 15) is 28.9 Å². The van der Waals surface area contributed by atoms with Crippen LogP contribution in [-0.2, 0) is 42.2 Å². The summed E-state index contributed by atoms with van der Waals surface area (Å²) in [5.74, 6) is -1.43. The Morgan fingerprint density at radius 2 is 0.588 bits per heavy atom. The maximum Gasteiger partial charge on any atom is 0.472 e. The quantitative estimate of drug-likeness (QED) is 0.0259. The fourth-order valence-corrected chi connectivity index (χ4v) is 9.38. The molecule has 0 aliphatic heterocycles. The van der Waals surface area contributed by atoms with Crippen molar-refractivity contribution in [2.45, 2.75) is 315 Å². The molecule has 0 aliphatic carbocycles. The lowest BCUT2D eigenvalue weighted by molar-refractivity contribution is -0.161. The number of hydrogen-bond donors (Lipinski definition) is 2. The number of phosphoric acid groups is 1. The van der Waals surface area contributed by atoms with Crippen molar-refractivity contribution < 1.29 is 52.2 Å². The van der Waals surface area contributed by atoms with Crippen LogP contribution < -0.4 is 0 Å². The summed E-state index contributed by atoms with van der Waals surface area (Å²) in [5, 5.41) is 9.78. The highest BCUT2D eigenvalue weighted by Gasteiger charge is 2.28. The van der Waals surface area contributed by atoms with E-state index >= 15 is 0 Å². The molecular formula is C56H109O11P. The summed E-state index contributed by atoms with van der Waals surface area (Å²) in [5.41, 5.74) is 0. The Kier molecular flexibility index (Phi) is 50.7. The summed E-state index contributed by atoms with van der Waals surface area (Å²) in [4.78, 5) is 48.4. The molecule has 0 amide bonds. The Bertz CT molecular complexity index is 1150. The van der Waals surface area contributed by atoms with Gasteiger partial charge in [0.2, 0.25) is 0 Å². The number of ether oxygens (including phenoxy) is 3. The minimum Gasteiger partial charge on any atom is -0.462 e. The van der Waals surface area contributed by atoms with E-state index in [1.54, 1.807) is 0 Å². The maximum atomic E-state index is 12.9. The van der Waals surface area contributed by atoms with Gasteiger partial charge < -0.3 is 24.2 Å². The first-order valence-electron chi connectivity index (χ1n) is 28.9. The van der Waals surface area contributed by atoms with Crippen molar-refractivity contribution in [1.82, 2.24) is 0 Å². The van der Waals surface area contributed by atoms with Gasteiger partial charge in [0.25, 0.3) is 0 Å². The van der Waals surface area contributed by atoms with E-state index in [2.05, 4.69) is 20.8 Å². The Balaban J connectivity index is 4.64. The number of carbonyl (C=O) groups is 3. The van der Waals surface area contributed by atoms with Gasteiger partial charge in [-0.15, -0.1) is 0 Å². The number of aliphatic hydroxyl groups is 1. The van der Waals surface area contributed by atoms with Crippen LogP contribution in [0, 0.1) is 0 Å². The van der Waals surface area contributed by atoms with Gasteiger partial charge in [-0.2, -0.15) is 0 Å². The van der Waals surface area contributed by atoms with Crippen molar-refractivity contribution in [2.75, 3.05) is 26.4 Å². The van der Waals surface area contributed by atoms with Crippen LogP contribution in [-0.4, -0.2) is 66.5 Å². The molecule has 0 saturated carbocycles. The Labute approximate surface area is 418 Å². The van der Waals surface area contributed by atoms with Gasteiger partial charge >= 0.3 is 25.7 Å². The van der Waals surface area contributed by atoms with E-state index in [1.165, 1.54) is 186 Å². The molecule has 2 N–H and O–H groups in total. The second-order valence-electron chi connectivity index (χ2n) is 19.8. The molecular weight excluding hydrogens is 880 g/mol. The van der Waals surface area contributed by atoms with Crippen LogP contribution in [0.2, 0.25) is 0 Å². The number of hydrogen-bond acceptors (Lipinski definition) is 10. The highest BCUT2D eigenvalue weighted by molar-refractivity contribution is 7.47. The molecule has 0 spiro atoms. The van der Waals surface area contributed by atoms with Crippen LogP contribution in [0.4, 0.5) is 0 Å². The van der Waals surface area contributed by atoms with E-state index in [1.807, 2.05) is 0 Å². The molecule has 404 valence electrons. The third kappa shape index (κ3) is 49.5. The molecule has 0 aromatic rings. The van der Waals surface area contributed by atoms with E-state index in [-0.39, 0.29) is 25.9 Å². The van der Waals surface area contributed by atoms with Crippen molar-refractivity contribution in [3.63, 3.8) is 0 Å². The molecule has 12 heteroatoms. The molecule has 0 heterocycles. The van der Waals surface area contributed by atoms with Crippen LogP contribution >= 0.6 is 7.82 Å². The molecule has 0 aromatic heterocycles. The highest BCUT2D eigenvalue weighted by atomic mass is 31.2. The Morgan fingerprint density at radius 1 is 0.353 bits per heavy atom. The van der Waals surface area contributed by atoms with Gasteiger partial charge in [0.05, 0.1) is 19.8 Å². The van der Waals surface area contributed by atoms with Gasteiger partial charge in [-0.3, -0.25) is 23.4 Å². The Hall–Kier alpha value is -1.52. The number of rotatable bonds is 55. The molecule has 0 bridgehead atoms. The summed E-state index contributed by atoms with van der Waals surface area (Å²) < 4.78 is 39.5. The lowest BCUT2D eigenvalue weighted by Crippen LogP contribution is -2.30.